The zero-order chi connectivity index (χ0) is 16.1. The number of amides is 2. The Labute approximate surface area is 138 Å². The zero-order valence-corrected chi connectivity index (χ0v) is 14.0. The molecule has 6 heteroatoms. The lowest BCUT2D eigenvalue weighted by molar-refractivity contribution is -0.138. The van der Waals surface area contributed by atoms with Crippen molar-refractivity contribution in [2.24, 2.45) is 0 Å². The van der Waals surface area contributed by atoms with Gasteiger partial charge in [0.2, 0.25) is 11.8 Å². The number of carbonyl (C=O) groups is 2. The molecule has 0 aromatic rings. The Balaban J connectivity index is 1.51. The summed E-state index contributed by atoms with van der Waals surface area (Å²) in [5, 5.41) is 0. The lowest BCUT2D eigenvalue weighted by atomic mass is 10.1. The molecule has 0 radical (unpaired) electrons. The van der Waals surface area contributed by atoms with Crippen molar-refractivity contribution in [3.8, 4) is 0 Å². The van der Waals surface area contributed by atoms with Crippen LogP contribution in [0.3, 0.4) is 0 Å². The molecule has 23 heavy (non-hydrogen) atoms. The van der Waals surface area contributed by atoms with Gasteiger partial charge in [-0.3, -0.25) is 9.59 Å². The fourth-order valence-electron chi connectivity index (χ4n) is 3.80. The molecule has 0 aromatic carbocycles. The highest BCUT2D eigenvalue weighted by Crippen LogP contribution is 2.14. The van der Waals surface area contributed by atoms with Crippen molar-refractivity contribution in [3.05, 3.63) is 0 Å². The van der Waals surface area contributed by atoms with Crippen LogP contribution in [0.15, 0.2) is 0 Å². The molecule has 3 rings (SSSR count). The molecule has 0 N–H and O–H groups in total. The largest absolute Gasteiger partial charge is 0.375 e. The fraction of sp³-hybridized carbons (Fsp3) is 0.882. The van der Waals surface area contributed by atoms with Gasteiger partial charge in [-0.2, -0.15) is 0 Å². The molecule has 130 valence electrons. The molecule has 0 spiro atoms. The van der Waals surface area contributed by atoms with E-state index in [0.717, 1.165) is 52.2 Å². The van der Waals surface area contributed by atoms with E-state index in [1.165, 1.54) is 19.3 Å². The number of hydrogen-bond acceptors (Lipinski definition) is 4. The molecule has 0 aromatic heterocycles. The topological polar surface area (TPSA) is 53.1 Å². The average molecular weight is 323 g/mol. The van der Waals surface area contributed by atoms with E-state index in [1.807, 2.05) is 4.90 Å². The molecule has 0 bridgehead atoms. The van der Waals surface area contributed by atoms with Crippen LogP contribution in [0.4, 0.5) is 0 Å². The second kappa shape index (κ2) is 8.11. The lowest BCUT2D eigenvalue weighted by Gasteiger charge is -2.32. The van der Waals surface area contributed by atoms with Crippen LogP contribution in [0.25, 0.3) is 0 Å². The summed E-state index contributed by atoms with van der Waals surface area (Å²) in [5.41, 5.74) is 0. The number of ether oxygens (including phenoxy) is 1. The predicted octanol–water partition coefficient (Wildman–Crippen LogP) is 0.712. The molecule has 3 heterocycles. The first kappa shape index (κ1) is 16.7. The molecule has 3 aliphatic rings. The molecule has 3 fully saturated rings. The molecule has 6 nitrogen and oxygen atoms in total. The van der Waals surface area contributed by atoms with Crippen LogP contribution in [0.2, 0.25) is 0 Å². The van der Waals surface area contributed by atoms with Crippen LogP contribution < -0.4 is 0 Å². The molecule has 1 atom stereocenters. The van der Waals surface area contributed by atoms with Gasteiger partial charge in [-0.25, -0.2) is 0 Å². The first-order chi connectivity index (χ1) is 11.2. The van der Waals surface area contributed by atoms with E-state index in [1.54, 1.807) is 4.90 Å². The second-order valence-electron chi connectivity index (χ2n) is 6.97. The predicted molar refractivity (Wildman–Crippen MR) is 87.0 cm³/mol. The van der Waals surface area contributed by atoms with Crippen LogP contribution in [0.5, 0.6) is 0 Å². The van der Waals surface area contributed by atoms with Gasteiger partial charge in [-0.15, -0.1) is 0 Å². The van der Waals surface area contributed by atoms with Crippen molar-refractivity contribution in [2.75, 3.05) is 52.4 Å². The van der Waals surface area contributed by atoms with Gasteiger partial charge in [0.15, 0.2) is 0 Å². The Morgan fingerprint density at radius 1 is 1.04 bits per heavy atom. The zero-order valence-electron chi connectivity index (χ0n) is 14.0. The summed E-state index contributed by atoms with van der Waals surface area (Å²) >= 11 is 0. The van der Waals surface area contributed by atoms with Crippen molar-refractivity contribution in [1.82, 2.24) is 14.7 Å². The monoisotopic (exact) mass is 323 g/mol. The molecular weight excluding hydrogens is 294 g/mol. The van der Waals surface area contributed by atoms with Gasteiger partial charge in [-0.05, 0) is 38.8 Å². The Kier molecular flexibility index (Phi) is 5.89. The van der Waals surface area contributed by atoms with Gasteiger partial charge >= 0.3 is 0 Å². The first-order valence-electron chi connectivity index (χ1n) is 9.12. The molecule has 2 amide bonds. The number of nitrogens with zero attached hydrogens (tertiary/aromatic N) is 3. The Bertz CT molecular complexity index is 423. The number of carbonyl (C=O) groups excluding carboxylic acids is 2. The number of rotatable bonds is 4. The third-order valence-electron chi connectivity index (χ3n) is 5.11. The lowest BCUT2D eigenvalue weighted by Crippen LogP contribution is -2.46. The van der Waals surface area contributed by atoms with Crippen molar-refractivity contribution < 1.29 is 14.3 Å². The molecular formula is C17H29N3O3. The van der Waals surface area contributed by atoms with E-state index in [9.17, 15) is 9.59 Å². The number of hydrogen-bond donors (Lipinski definition) is 0. The molecule has 0 aliphatic carbocycles. The van der Waals surface area contributed by atoms with Gasteiger partial charge in [0.25, 0.3) is 0 Å². The number of piperidine rings is 1. The van der Waals surface area contributed by atoms with Crippen molar-refractivity contribution in [1.29, 1.82) is 0 Å². The maximum Gasteiger partial charge on any atom is 0.242 e. The second-order valence-corrected chi connectivity index (χ2v) is 6.97. The minimum absolute atomic E-state index is 0.0781. The summed E-state index contributed by atoms with van der Waals surface area (Å²) in [4.78, 5) is 30.3. The minimum atomic E-state index is 0.0781. The van der Waals surface area contributed by atoms with Crippen LogP contribution in [-0.4, -0.2) is 85.0 Å². The maximum atomic E-state index is 12.6. The third kappa shape index (κ3) is 4.67. The highest BCUT2D eigenvalue weighted by molar-refractivity contribution is 5.85. The van der Waals surface area contributed by atoms with Crippen LogP contribution in [-0.2, 0) is 14.3 Å². The highest BCUT2D eigenvalue weighted by Gasteiger charge is 2.28. The first-order valence-corrected chi connectivity index (χ1v) is 9.12. The summed E-state index contributed by atoms with van der Waals surface area (Å²) in [6.07, 6.45) is 6.33. The Morgan fingerprint density at radius 2 is 1.87 bits per heavy atom. The van der Waals surface area contributed by atoms with E-state index >= 15 is 0 Å². The van der Waals surface area contributed by atoms with Crippen molar-refractivity contribution >= 4 is 11.8 Å². The molecule has 0 unspecified atom stereocenters. The summed E-state index contributed by atoms with van der Waals surface area (Å²) in [6.45, 7) is 6.33. The normalized spacial score (nSPS) is 27.3. The number of likely N-dealkylation sites (tertiary alicyclic amines) is 2. The fourth-order valence-corrected chi connectivity index (χ4v) is 3.80. The average Bonchev–Trinajstić information content (AvgIpc) is 2.82. The van der Waals surface area contributed by atoms with Crippen LogP contribution in [0.1, 0.15) is 38.5 Å². The Morgan fingerprint density at radius 3 is 2.61 bits per heavy atom. The minimum Gasteiger partial charge on any atom is -0.375 e. The van der Waals surface area contributed by atoms with Gasteiger partial charge in [0.05, 0.1) is 12.6 Å². The van der Waals surface area contributed by atoms with Crippen molar-refractivity contribution in [3.63, 3.8) is 0 Å². The van der Waals surface area contributed by atoms with Crippen LogP contribution >= 0.6 is 0 Å². The third-order valence-corrected chi connectivity index (χ3v) is 5.11. The summed E-state index contributed by atoms with van der Waals surface area (Å²) in [7, 11) is 0. The van der Waals surface area contributed by atoms with E-state index in [-0.39, 0.29) is 24.5 Å². The molecule has 0 saturated carbocycles. The summed E-state index contributed by atoms with van der Waals surface area (Å²) in [6, 6.07) is 0. The summed E-state index contributed by atoms with van der Waals surface area (Å²) in [5.74, 6) is 0.198. The quantitative estimate of drug-likeness (QED) is 0.765. The Hall–Kier alpha value is -1.14. The van der Waals surface area contributed by atoms with Gasteiger partial charge in [0.1, 0.15) is 0 Å². The van der Waals surface area contributed by atoms with Gasteiger partial charge < -0.3 is 19.4 Å². The summed E-state index contributed by atoms with van der Waals surface area (Å²) < 4.78 is 5.96. The van der Waals surface area contributed by atoms with Crippen molar-refractivity contribution in [2.45, 2.75) is 44.6 Å². The van der Waals surface area contributed by atoms with Gasteiger partial charge in [-0.1, -0.05) is 6.42 Å². The van der Waals surface area contributed by atoms with E-state index in [0.29, 0.717) is 13.0 Å². The van der Waals surface area contributed by atoms with E-state index < -0.39 is 0 Å². The molecule has 3 aliphatic heterocycles. The SMILES string of the molecule is O=C1CCCN1CC(=O)N1CCCO[C@@H](CN2CCCCC2)C1. The van der Waals surface area contributed by atoms with Crippen LogP contribution in [0, 0.1) is 0 Å². The molecule has 3 saturated heterocycles. The van der Waals surface area contributed by atoms with Gasteiger partial charge in [0, 0.05) is 39.2 Å². The standard InChI is InChI=1S/C17H29N3O3/c21-16-6-4-9-20(16)14-17(22)19-10-5-11-23-15(13-19)12-18-7-2-1-3-8-18/h15H,1-14H2/t15-/m0/s1. The maximum absolute atomic E-state index is 12.6. The highest BCUT2D eigenvalue weighted by atomic mass is 16.5. The smallest absolute Gasteiger partial charge is 0.242 e. The van der Waals surface area contributed by atoms with E-state index in [2.05, 4.69) is 4.90 Å². The van der Waals surface area contributed by atoms with E-state index in [4.69, 9.17) is 4.74 Å².